The maximum Gasteiger partial charge on any atom is 0.263 e. The molecule has 0 radical (unpaired) electrons. The Morgan fingerprint density at radius 3 is 2.40 bits per heavy atom. The number of amides is 2. The number of carbonyl (C=O) groups is 2. The van der Waals surface area contributed by atoms with E-state index in [2.05, 4.69) is 5.32 Å². The summed E-state index contributed by atoms with van der Waals surface area (Å²) in [6.07, 6.45) is 1.18. The minimum Gasteiger partial charge on any atom is -0.493 e. The fourth-order valence-corrected chi connectivity index (χ4v) is 3.47. The third kappa shape index (κ3) is 6.66. The van der Waals surface area contributed by atoms with Crippen molar-refractivity contribution in [2.45, 2.75) is 38.3 Å². The van der Waals surface area contributed by atoms with Crippen molar-refractivity contribution < 1.29 is 19.1 Å². The van der Waals surface area contributed by atoms with E-state index in [1.807, 2.05) is 30.3 Å². The Morgan fingerprint density at radius 1 is 1.07 bits per heavy atom. The van der Waals surface area contributed by atoms with Crippen LogP contribution in [0.1, 0.15) is 26.2 Å². The number of nitrogens with zero attached hydrogens (tertiary/aromatic N) is 1. The maximum absolute atomic E-state index is 12.6. The highest BCUT2D eigenvalue weighted by Crippen LogP contribution is 2.18. The lowest BCUT2D eigenvalue weighted by Crippen LogP contribution is -2.49. The molecular weight excluding hydrogens is 404 g/mol. The molecule has 1 fully saturated rings. The van der Waals surface area contributed by atoms with Crippen LogP contribution in [-0.2, 0) is 9.59 Å². The quantitative estimate of drug-likeness (QED) is 0.693. The van der Waals surface area contributed by atoms with Crippen molar-refractivity contribution in [2.75, 3.05) is 19.7 Å². The molecule has 1 saturated heterocycles. The molecule has 3 rings (SSSR count). The fraction of sp³-hybridized carbons (Fsp3) is 0.391. The summed E-state index contributed by atoms with van der Waals surface area (Å²) in [7, 11) is 0. The van der Waals surface area contributed by atoms with E-state index in [-0.39, 0.29) is 17.9 Å². The average molecular weight is 431 g/mol. The Morgan fingerprint density at radius 2 is 1.73 bits per heavy atom. The summed E-state index contributed by atoms with van der Waals surface area (Å²) in [5.74, 6) is 1.29. The zero-order valence-corrected chi connectivity index (χ0v) is 17.8. The molecule has 2 aromatic rings. The first-order chi connectivity index (χ1) is 14.5. The molecule has 7 heteroatoms. The van der Waals surface area contributed by atoms with Crippen LogP contribution in [0.2, 0.25) is 5.02 Å². The highest BCUT2D eigenvalue weighted by molar-refractivity contribution is 6.30. The lowest BCUT2D eigenvalue weighted by molar-refractivity contribution is -0.139. The molecule has 2 aromatic carbocycles. The number of benzene rings is 2. The van der Waals surface area contributed by atoms with Crippen molar-refractivity contribution in [3.05, 3.63) is 59.6 Å². The van der Waals surface area contributed by atoms with Gasteiger partial charge in [-0.3, -0.25) is 9.59 Å². The summed E-state index contributed by atoms with van der Waals surface area (Å²) in [5.41, 5.74) is 0. The van der Waals surface area contributed by atoms with Crippen molar-refractivity contribution in [3.8, 4) is 11.5 Å². The van der Waals surface area contributed by atoms with Crippen LogP contribution in [0.3, 0.4) is 0 Å². The Balaban J connectivity index is 1.35. The van der Waals surface area contributed by atoms with Crippen molar-refractivity contribution in [1.82, 2.24) is 10.2 Å². The number of halogens is 1. The predicted molar refractivity (Wildman–Crippen MR) is 116 cm³/mol. The molecule has 1 aliphatic rings. The lowest BCUT2D eigenvalue weighted by atomic mass is 10.0. The van der Waals surface area contributed by atoms with Crippen LogP contribution in [0, 0.1) is 0 Å². The number of hydrogen-bond acceptors (Lipinski definition) is 4. The molecule has 1 N–H and O–H groups in total. The van der Waals surface area contributed by atoms with Crippen LogP contribution in [0.4, 0.5) is 0 Å². The molecule has 0 saturated carbocycles. The molecule has 30 heavy (non-hydrogen) atoms. The summed E-state index contributed by atoms with van der Waals surface area (Å²) in [6.45, 7) is 3.28. The minimum atomic E-state index is -0.576. The molecule has 160 valence electrons. The zero-order valence-electron chi connectivity index (χ0n) is 17.1. The van der Waals surface area contributed by atoms with E-state index in [0.717, 1.165) is 18.6 Å². The van der Waals surface area contributed by atoms with E-state index in [0.29, 0.717) is 36.9 Å². The summed E-state index contributed by atoms with van der Waals surface area (Å²) in [6, 6.07) is 16.5. The van der Waals surface area contributed by atoms with Gasteiger partial charge in [-0.25, -0.2) is 0 Å². The molecule has 0 aromatic heterocycles. The molecule has 6 nitrogen and oxygen atoms in total. The summed E-state index contributed by atoms with van der Waals surface area (Å²) in [5, 5.41) is 3.66. The van der Waals surface area contributed by atoms with Gasteiger partial charge in [-0.05, 0) is 56.2 Å². The highest BCUT2D eigenvalue weighted by Gasteiger charge is 2.27. The molecule has 1 heterocycles. The van der Waals surface area contributed by atoms with E-state index >= 15 is 0 Å². The molecule has 2 amide bonds. The SMILES string of the molecule is CC(Oc1ccc(Cl)cc1)C(=O)N1CCC(NC(=O)CCOc2ccccc2)CC1. The number of piperidine rings is 1. The van der Waals surface area contributed by atoms with E-state index < -0.39 is 6.10 Å². The molecule has 0 bridgehead atoms. The number of likely N-dealkylation sites (tertiary alicyclic amines) is 1. The van der Waals surface area contributed by atoms with Gasteiger partial charge in [-0.1, -0.05) is 29.8 Å². The first-order valence-electron chi connectivity index (χ1n) is 10.2. The van der Waals surface area contributed by atoms with Gasteiger partial charge in [-0.2, -0.15) is 0 Å². The number of para-hydroxylation sites is 1. The second-order valence-electron chi connectivity index (χ2n) is 7.29. The van der Waals surface area contributed by atoms with Gasteiger partial charge in [0.05, 0.1) is 13.0 Å². The van der Waals surface area contributed by atoms with Crippen LogP contribution >= 0.6 is 11.6 Å². The van der Waals surface area contributed by atoms with Gasteiger partial charge < -0.3 is 19.7 Å². The van der Waals surface area contributed by atoms with Gasteiger partial charge in [-0.15, -0.1) is 0 Å². The largest absolute Gasteiger partial charge is 0.493 e. The van der Waals surface area contributed by atoms with Crippen LogP contribution in [0.5, 0.6) is 11.5 Å². The van der Waals surface area contributed by atoms with Crippen molar-refractivity contribution in [2.24, 2.45) is 0 Å². The third-order valence-electron chi connectivity index (χ3n) is 4.99. The third-order valence-corrected chi connectivity index (χ3v) is 5.24. The normalized spacial score (nSPS) is 15.3. The molecule has 0 spiro atoms. The van der Waals surface area contributed by atoms with Gasteiger partial charge in [0, 0.05) is 24.2 Å². The maximum atomic E-state index is 12.6. The van der Waals surface area contributed by atoms with Crippen molar-refractivity contribution >= 4 is 23.4 Å². The first-order valence-corrected chi connectivity index (χ1v) is 10.6. The van der Waals surface area contributed by atoms with Crippen LogP contribution in [-0.4, -0.2) is 48.6 Å². The fourth-order valence-electron chi connectivity index (χ4n) is 3.35. The van der Waals surface area contributed by atoms with E-state index in [4.69, 9.17) is 21.1 Å². The van der Waals surface area contributed by atoms with E-state index in [1.54, 1.807) is 36.1 Å². The number of ether oxygens (including phenoxy) is 2. The molecule has 1 unspecified atom stereocenters. The van der Waals surface area contributed by atoms with Gasteiger partial charge in [0.25, 0.3) is 5.91 Å². The number of nitrogens with one attached hydrogen (secondary N) is 1. The summed E-state index contributed by atoms with van der Waals surface area (Å²) in [4.78, 5) is 26.6. The van der Waals surface area contributed by atoms with E-state index in [1.165, 1.54) is 0 Å². The second kappa shape index (κ2) is 10.9. The van der Waals surface area contributed by atoms with Gasteiger partial charge >= 0.3 is 0 Å². The van der Waals surface area contributed by atoms with Crippen LogP contribution < -0.4 is 14.8 Å². The average Bonchev–Trinajstić information content (AvgIpc) is 2.76. The Hall–Kier alpha value is -2.73. The Bertz CT molecular complexity index is 821. The molecule has 1 atom stereocenters. The zero-order chi connectivity index (χ0) is 21.3. The van der Waals surface area contributed by atoms with Crippen LogP contribution in [0.25, 0.3) is 0 Å². The Kier molecular flexibility index (Phi) is 7.97. The monoisotopic (exact) mass is 430 g/mol. The van der Waals surface area contributed by atoms with Gasteiger partial charge in [0.1, 0.15) is 11.5 Å². The summed E-state index contributed by atoms with van der Waals surface area (Å²) < 4.78 is 11.3. The number of hydrogen-bond donors (Lipinski definition) is 1. The molecular formula is C23H27ClN2O4. The van der Waals surface area contributed by atoms with Gasteiger partial charge in [0.15, 0.2) is 6.10 Å². The lowest BCUT2D eigenvalue weighted by Gasteiger charge is -2.33. The van der Waals surface area contributed by atoms with Crippen molar-refractivity contribution in [1.29, 1.82) is 0 Å². The predicted octanol–water partition coefficient (Wildman–Crippen LogP) is 3.68. The molecule has 1 aliphatic heterocycles. The smallest absolute Gasteiger partial charge is 0.263 e. The standard InChI is InChI=1S/C23H27ClN2O4/c1-17(30-21-9-7-18(24)8-10-21)23(28)26-14-11-19(12-15-26)25-22(27)13-16-29-20-5-3-2-4-6-20/h2-10,17,19H,11-16H2,1H3,(H,25,27). The number of carbonyl (C=O) groups excluding carboxylic acids is 2. The topological polar surface area (TPSA) is 67.9 Å². The summed E-state index contributed by atoms with van der Waals surface area (Å²) >= 11 is 5.87. The highest BCUT2D eigenvalue weighted by atomic mass is 35.5. The Labute approximate surface area is 182 Å². The molecule has 0 aliphatic carbocycles. The first kappa shape index (κ1) is 22.0. The minimum absolute atomic E-state index is 0.0323. The van der Waals surface area contributed by atoms with Crippen LogP contribution in [0.15, 0.2) is 54.6 Å². The van der Waals surface area contributed by atoms with Gasteiger partial charge in [0.2, 0.25) is 5.91 Å². The second-order valence-corrected chi connectivity index (χ2v) is 7.73. The van der Waals surface area contributed by atoms with E-state index in [9.17, 15) is 9.59 Å². The number of rotatable bonds is 8. The van der Waals surface area contributed by atoms with Crippen molar-refractivity contribution in [3.63, 3.8) is 0 Å².